The molecular weight excluding hydrogens is 270 g/mol. The maximum atomic E-state index is 12.1. The van der Waals surface area contributed by atoms with Crippen LogP contribution >= 0.6 is 0 Å². The van der Waals surface area contributed by atoms with Crippen molar-refractivity contribution in [3.05, 3.63) is 5.69 Å². The number of carbonyl (C=O) groups is 1. The number of anilines is 2. The predicted molar refractivity (Wildman–Crippen MR) is 82.3 cm³/mol. The van der Waals surface area contributed by atoms with Crippen LogP contribution in [-0.2, 0) is 9.53 Å². The molecule has 1 aliphatic rings. The Kier molecular flexibility index (Phi) is 5.06. The minimum Gasteiger partial charge on any atom is -0.394 e. The molecule has 1 aromatic rings. The van der Waals surface area contributed by atoms with Crippen LogP contribution in [0.25, 0.3) is 0 Å². The van der Waals surface area contributed by atoms with Crippen LogP contribution in [0.4, 0.5) is 11.5 Å². The number of aromatic nitrogens is 2. The van der Waals surface area contributed by atoms with E-state index in [2.05, 4.69) is 24.3 Å². The molecule has 0 aromatic carbocycles. The highest BCUT2D eigenvalue weighted by Crippen LogP contribution is 2.25. The van der Waals surface area contributed by atoms with Gasteiger partial charge in [-0.15, -0.1) is 0 Å². The van der Waals surface area contributed by atoms with E-state index in [0.717, 1.165) is 11.5 Å². The van der Waals surface area contributed by atoms with Crippen molar-refractivity contribution >= 4 is 17.4 Å². The van der Waals surface area contributed by atoms with Crippen LogP contribution in [0, 0.1) is 6.92 Å². The van der Waals surface area contributed by atoms with Gasteiger partial charge in [-0.1, -0.05) is 0 Å². The lowest BCUT2D eigenvalue weighted by atomic mass is 10.3. The van der Waals surface area contributed by atoms with Crippen molar-refractivity contribution in [3.8, 4) is 0 Å². The average Bonchev–Trinajstić information content (AvgIpc) is 2.76. The summed E-state index contributed by atoms with van der Waals surface area (Å²) in [6.07, 6.45) is 0.446. The van der Waals surface area contributed by atoms with Crippen molar-refractivity contribution < 1.29 is 9.53 Å². The fraction of sp³-hybridized carbons (Fsp3) is 0.714. The predicted octanol–water partition coefficient (Wildman–Crippen LogP) is 1.02. The summed E-state index contributed by atoms with van der Waals surface area (Å²) < 4.78 is 7.11. The fourth-order valence-electron chi connectivity index (χ4n) is 2.37. The number of nitrogens with zero attached hydrogens (tertiary/aromatic N) is 3. The van der Waals surface area contributed by atoms with Gasteiger partial charge in [0.25, 0.3) is 0 Å². The number of carbonyl (C=O) groups excluding carboxylic acids is 1. The van der Waals surface area contributed by atoms with Crippen molar-refractivity contribution in [2.45, 2.75) is 33.2 Å². The molecule has 118 valence electrons. The maximum Gasteiger partial charge on any atom is 0.224 e. The number of morpholine rings is 1. The van der Waals surface area contributed by atoms with Crippen LogP contribution in [0.2, 0.25) is 0 Å². The van der Waals surface area contributed by atoms with Gasteiger partial charge < -0.3 is 20.7 Å². The van der Waals surface area contributed by atoms with Gasteiger partial charge in [-0.25, -0.2) is 4.68 Å². The van der Waals surface area contributed by atoms with Crippen LogP contribution in [0.3, 0.4) is 0 Å². The van der Waals surface area contributed by atoms with Gasteiger partial charge in [0.05, 0.1) is 24.6 Å². The van der Waals surface area contributed by atoms with Gasteiger partial charge in [0.15, 0.2) is 0 Å². The molecule has 0 radical (unpaired) electrons. The van der Waals surface area contributed by atoms with Crippen molar-refractivity contribution in [1.29, 1.82) is 0 Å². The Morgan fingerprint density at radius 2 is 2.10 bits per heavy atom. The van der Waals surface area contributed by atoms with Gasteiger partial charge >= 0.3 is 0 Å². The Bertz CT molecular complexity index is 492. The van der Waals surface area contributed by atoms with Crippen LogP contribution < -0.4 is 11.1 Å². The first-order valence-electron chi connectivity index (χ1n) is 7.44. The molecule has 2 rings (SSSR count). The highest BCUT2D eigenvalue weighted by Gasteiger charge is 2.18. The van der Waals surface area contributed by atoms with E-state index < -0.39 is 0 Å². The molecule has 1 aromatic heterocycles. The Morgan fingerprint density at radius 3 is 2.71 bits per heavy atom. The van der Waals surface area contributed by atoms with Crippen molar-refractivity contribution in [3.63, 3.8) is 0 Å². The van der Waals surface area contributed by atoms with Gasteiger partial charge in [0.1, 0.15) is 5.82 Å². The van der Waals surface area contributed by atoms with E-state index in [-0.39, 0.29) is 11.9 Å². The number of hydrogen-bond donors (Lipinski definition) is 2. The van der Waals surface area contributed by atoms with Crippen LogP contribution in [-0.4, -0.2) is 53.4 Å². The second-order valence-electron chi connectivity index (χ2n) is 5.56. The summed E-state index contributed by atoms with van der Waals surface area (Å²) in [6.45, 7) is 9.17. The Labute approximate surface area is 125 Å². The van der Waals surface area contributed by atoms with E-state index in [1.54, 1.807) is 0 Å². The van der Waals surface area contributed by atoms with Gasteiger partial charge in [-0.2, -0.15) is 5.10 Å². The minimum atomic E-state index is 0.150. The maximum absolute atomic E-state index is 12.1. The minimum absolute atomic E-state index is 0.150. The molecule has 0 bridgehead atoms. The number of rotatable bonds is 5. The molecule has 1 fully saturated rings. The lowest BCUT2D eigenvalue weighted by Gasteiger charge is -2.27. The molecule has 0 saturated carbocycles. The topological polar surface area (TPSA) is 85.4 Å². The summed E-state index contributed by atoms with van der Waals surface area (Å²) in [5.74, 6) is 0.953. The van der Waals surface area contributed by atoms with E-state index in [0.29, 0.717) is 45.0 Å². The highest BCUT2D eigenvalue weighted by molar-refractivity contribution is 5.77. The van der Waals surface area contributed by atoms with Crippen molar-refractivity contribution in [1.82, 2.24) is 14.7 Å². The summed E-state index contributed by atoms with van der Waals surface area (Å²) in [6, 6.07) is 0.221. The van der Waals surface area contributed by atoms with Gasteiger partial charge in [-0.05, 0) is 20.8 Å². The summed E-state index contributed by atoms with van der Waals surface area (Å²) in [5, 5.41) is 7.67. The number of nitrogens with one attached hydrogen (secondary N) is 1. The third-order valence-electron chi connectivity index (χ3n) is 3.62. The SMILES string of the molecule is Cc1nn(C(C)C)c(NCCC(=O)N2CCOCC2)c1N. The van der Waals surface area contributed by atoms with Crippen LogP contribution in [0.5, 0.6) is 0 Å². The lowest BCUT2D eigenvalue weighted by molar-refractivity contribution is -0.134. The molecule has 1 aliphatic heterocycles. The molecule has 0 aliphatic carbocycles. The number of nitrogens with two attached hydrogens (primary N) is 1. The molecule has 1 saturated heterocycles. The molecule has 0 spiro atoms. The standard InChI is InChI=1S/C14H25N5O2/c1-10(2)19-14(13(15)11(3)17-19)16-5-4-12(20)18-6-8-21-9-7-18/h10,16H,4-9,15H2,1-3H3. The molecule has 0 unspecified atom stereocenters. The third-order valence-corrected chi connectivity index (χ3v) is 3.62. The molecule has 1 amide bonds. The number of hydrogen-bond acceptors (Lipinski definition) is 5. The normalized spacial score (nSPS) is 15.5. The molecule has 21 heavy (non-hydrogen) atoms. The third kappa shape index (κ3) is 3.66. The largest absolute Gasteiger partial charge is 0.394 e. The first-order valence-corrected chi connectivity index (χ1v) is 7.44. The van der Waals surface area contributed by atoms with Gasteiger partial charge in [0.2, 0.25) is 5.91 Å². The van der Waals surface area contributed by atoms with Gasteiger partial charge in [-0.3, -0.25) is 4.79 Å². The van der Waals surface area contributed by atoms with E-state index in [9.17, 15) is 4.79 Å². The zero-order chi connectivity index (χ0) is 15.4. The van der Waals surface area contributed by atoms with Crippen molar-refractivity contribution in [2.24, 2.45) is 0 Å². The number of amides is 1. The summed E-state index contributed by atoms with van der Waals surface area (Å²) in [5.41, 5.74) is 7.51. The van der Waals surface area contributed by atoms with Crippen LogP contribution in [0.15, 0.2) is 0 Å². The summed E-state index contributed by atoms with van der Waals surface area (Å²) in [7, 11) is 0. The Balaban J connectivity index is 1.89. The van der Waals surface area contributed by atoms with Gasteiger partial charge in [0, 0.05) is 32.1 Å². The molecule has 7 heteroatoms. The first-order chi connectivity index (χ1) is 10.0. The smallest absolute Gasteiger partial charge is 0.224 e. The van der Waals surface area contributed by atoms with Crippen LogP contribution in [0.1, 0.15) is 32.0 Å². The molecule has 2 heterocycles. The molecular formula is C14H25N5O2. The number of nitrogen functional groups attached to an aromatic ring is 1. The van der Waals surface area contributed by atoms with E-state index in [1.165, 1.54) is 0 Å². The lowest BCUT2D eigenvalue weighted by Crippen LogP contribution is -2.41. The fourth-order valence-corrected chi connectivity index (χ4v) is 2.37. The molecule has 3 N–H and O–H groups in total. The van der Waals surface area contributed by atoms with E-state index in [4.69, 9.17) is 10.5 Å². The second kappa shape index (κ2) is 6.80. The van der Waals surface area contributed by atoms with E-state index in [1.807, 2.05) is 16.5 Å². The molecule has 7 nitrogen and oxygen atoms in total. The zero-order valence-corrected chi connectivity index (χ0v) is 13.1. The number of aryl methyl sites for hydroxylation is 1. The Morgan fingerprint density at radius 1 is 1.43 bits per heavy atom. The monoisotopic (exact) mass is 295 g/mol. The zero-order valence-electron chi connectivity index (χ0n) is 13.1. The van der Waals surface area contributed by atoms with Crippen molar-refractivity contribution in [2.75, 3.05) is 43.9 Å². The van der Waals surface area contributed by atoms with E-state index >= 15 is 0 Å². The summed E-state index contributed by atoms with van der Waals surface area (Å²) >= 11 is 0. The Hall–Kier alpha value is -1.76. The quantitative estimate of drug-likeness (QED) is 0.847. The average molecular weight is 295 g/mol. The highest BCUT2D eigenvalue weighted by atomic mass is 16.5. The first kappa shape index (κ1) is 15.6. The second-order valence-corrected chi connectivity index (χ2v) is 5.56. The summed E-state index contributed by atoms with van der Waals surface area (Å²) in [4.78, 5) is 13.9. The number of ether oxygens (including phenoxy) is 1. The molecule has 0 atom stereocenters.